The molecule has 0 bridgehead atoms. The van der Waals surface area contributed by atoms with Crippen molar-refractivity contribution in [1.82, 2.24) is 24.9 Å². The highest BCUT2D eigenvalue weighted by Crippen LogP contribution is 2.66. The van der Waals surface area contributed by atoms with Crippen LogP contribution in [0.15, 0.2) is 216 Å². The van der Waals surface area contributed by atoms with Crippen molar-refractivity contribution >= 4 is 39.6 Å². The van der Waals surface area contributed by atoms with Gasteiger partial charge in [-0.2, -0.15) is 0 Å². The van der Waals surface area contributed by atoms with E-state index in [-0.39, 0.29) is 0 Å². The van der Waals surface area contributed by atoms with E-state index >= 15 is 0 Å². The molecule has 0 amide bonds. The van der Waals surface area contributed by atoms with Gasteiger partial charge < -0.3 is 9.64 Å². The van der Waals surface area contributed by atoms with Crippen LogP contribution in [0.1, 0.15) is 33.4 Å². The van der Waals surface area contributed by atoms with Gasteiger partial charge in [0.1, 0.15) is 11.5 Å². The number of anilines is 3. The number of ether oxygens (including phenoxy) is 1. The number of para-hydroxylation sites is 2. The molecule has 0 saturated heterocycles. The zero-order chi connectivity index (χ0) is 46.5. The molecule has 330 valence electrons. The molecule has 0 saturated carbocycles. The second-order valence-corrected chi connectivity index (χ2v) is 19.2. The normalized spacial score (nSPS) is 14.8. The van der Waals surface area contributed by atoms with Crippen LogP contribution < -0.4 is 9.64 Å². The maximum Gasteiger partial charge on any atom is 0.164 e. The summed E-state index contributed by atoms with van der Waals surface area (Å²) in [6.45, 7) is 4.17. The molecular weight excluding hydrogens is 877 g/mol. The smallest absolute Gasteiger partial charge is 0.164 e. The Bertz CT molecular complexity index is 3880. The van der Waals surface area contributed by atoms with Gasteiger partial charge in [0.05, 0.1) is 38.8 Å². The molecule has 0 N–H and O–H groups in total. The fraction of sp³-hybridized carbons (Fsp3) is 0.0484. The lowest BCUT2D eigenvalue weighted by atomic mass is 9.66. The number of benzene rings is 8. The second-order valence-electron chi connectivity index (χ2n) is 18.2. The molecule has 8 heteroatoms. The van der Waals surface area contributed by atoms with E-state index in [0.29, 0.717) is 17.5 Å². The Labute approximate surface area is 409 Å². The zero-order valence-corrected chi connectivity index (χ0v) is 38.9. The molecule has 70 heavy (non-hydrogen) atoms. The van der Waals surface area contributed by atoms with E-state index in [0.717, 1.165) is 99.8 Å². The van der Waals surface area contributed by atoms with Crippen LogP contribution in [-0.2, 0) is 5.41 Å². The molecule has 11 aromatic rings. The topological polar surface area (TPSA) is 76.9 Å². The Morgan fingerprint density at radius 3 is 1.91 bits per heavy atom. The molecule has 1 unspecified atom stereocenters. The first-order valence-electron chi connectivity index (χ1n) is 23.5. The Balaban J connectivity index is 0.959. The van der Waals surface area contributed by atoms with Gasteiger partial charge in [0.15, 0.2) is 17.5 Å². The van der Waals surface area contributed by atoms with Gasteiger partial charge in [-0.25, -0.2) is 15.0 Å². The average Bonchev–Trinajstić information content (AvgIpc) is 3.70. The van der Waals surface area contributed by atoms with Crippen molar-refractivity contribution in [3.05, 3.63) is 240 Å². The Kier molecular flexibility index (Phi) is 9.03. The van der Waals surface area contributed by atoms with Crippen LogP contribution >= 0.6 is 11.8 Å². The fourth-order valence-electron chi connectivity index (χ4n) is 10.7. The first-order chi connectivity index (χ1) is 34.5. The van der Waals surface area contributed by atoms with E-state index in [4.69, 9.17) is 29.7 Å². The molecule has 2 aliphatic heterocycles. The SMILES string of the molecule is Cc1ccc(-c2nc(-c3ccc(C)cc3)nc(-c3cccc(-c4cnc5c(c4)C4(c6ccccc6Oc6c4ccc4c6Sc6ccccc6N4c4cccc6ccccc46)c4cccnc4-5)c3)n2)cc1. The molecule has 0 radical (unpaired) electrons. The highest BCUT2D eigenvalue weighted by Gasteiger charge is 2.53. The van der Waals surface area contributed by atoms with E-state index < -0.39 is 5.41 Å². The number of pyridine rings is 2. The molecule has 8 aromatic carbocycles. The number of hydrogen-bond donors (Lipinski definition) is 0. The number of rotatable bonds is 5. The summed E-state index contributed by atoms with van der Waals surface area (Å²) in [6, 6.07) is 68.6. The average molecular weight is 917 g/mol. The van der Waals surface area contributed by atoms with Crippen LogP contribution in [0, 0.1) is 13.8 Å². The van der Waals surface area contributed by atoms with Crippen molar-refractivity contribution in [1.29, 1.82) is 0 Å². The number of aryl methyl sites for hydroxylation is 2. The molecule has 5 heterocycles. The van der Waals surface area contributed by atoms with Crippen molar-refractivity contribution in [3.63, 3.8) is 0 Å². The zero-order valence-electron chi connectivity index (χ0n) is 38.1. The van der Waals surface area contributed by atoms with Crippen LogP contribution in [-0.4, -0.2) is 24.9 Å². The van der Waals surface area contributed by atoms with Gasteiger partial charge in [-0.05, 0) is 78.9 Å². The van der Waals surface area contributed by atoms with Crippen molar-refractivity contribution < 1.29 is 4.74 Å². The fourth-order valence-corrected chi connectivity index (χ4v) is 11.8. The summed E-state index contributed by atoms with van der Waals surface area (Å²) in [5, 5.41) is 2.37. The molecule has 1 spiro atoms. The lowest BCUT2D eigenvalue weighted by molar-refractivity contribution is 0.426. The Morgan fingerprint density at radius 2 is 1.10 bits per heavy atom. The first kappa shape index (κ1) is 40.4. The van der Waals surface area contributed by atoms with Crippen molar-refractivity contribution in [3.8, 4) is 68.2 Å². The lowest BCUT2D eigenvalue weighted by Gasteiger charge is -2.42. The third-order valence-electron chi connectivity index (χ3n) is 14.0. The molecule has 1 aliphatic carbocycles. The van der Waals surface area contributed by atoms with Crippen molar-refractivity contribution in [2.75, 3.05) is 4.90 Å². The highest BCUT2D eigenvalue weighted by atomic mass is 32.2. The van der Waals surface area contributed by atoms with E-state index in [1.54, 1.807) is 11.8 Å². The monoisotopic (exact) mass is 916 g/mol. The van der Waals surface area contributed by atoms with Crippen molar-refractivity contribution in [2.24, 2.45) is 0 Å². The standard InChI is InChI=1S/C62H40N6OS/c1-37-23-27-40(28-24-37)59-65-60(41-29-25-38(2)26-30-41)67-61(66-59)43-15-9-14-42(34-43)44-35-49-56(64-36-44)55-47(18-11-33-63-55)62(49)46-17-5-7-21-53(46)69-57-48(62)31-32-52-58(57)70-54-22-8-6-19-51(54)68(52)50-20-10-13-39-12-3-4-16-45(39)50/h3-36H,1-2H3. The first-order valence-corrected chi connectivity index (χ1v) is 24.3. The molecule has 1 atom stereocenters. The van der Waals surface area contributed by atoms with E-state index in [2.05, 4.69) is 207 Å². The maximum atomic E-state index is 7.25. The van der Waals surface area contributed by atoms with Gasteiger partial charge in [-0.15, -0.1) is 0 Å². The minimum atomic E-state index is -0.805. The van der Waals surface area contributed by atoms with Gasteiger partial charge in [0.25, 0.3) is 0 Å². The number of aromatic nitrogens is 5. The Morgan fingerprint density at radius 1 is 0.457 bits per heavy atom. The highest BCUT2D eigenvalue weighted by molar-refractivity contribution is 7.99. The lowest BCUT2D eigenvalue weighted by Crippen LogP contribution is -2.33. The van der Waals surface area contributed by atoms with Gasteiger partial charge in [-0.1, -0.05) is 168 Å². The third-order valence-corrected chi connectivity index (χ3v) is 15.2. The minimum Gasteiger partial charge on any atom is -0.455 e. The molecule has 3 aromatic heterocycles. The Hall–Kier alpha value is -8.72. The van der Waals surface area contributed by atoms with Crippen LogP contribution in [0.2, 0.25) is 0 Å². The maximum absolute atomic E-state index is 7.25. The molecule has 0 fully saturated rings. The van der Waals surface area contributed by atoms with Crippen molar-refractivity contribution in [2.45, 2.75) is 29.1 Å². The molecule has 7 nitrogen and oxygen atoms in total. The summed E-state index contributed by atoms with van der Waals surface area (Å²) in [7, 11) is 0. The predicted molar refractivity (Wildman–Crippen MR) is 280 cm³/mol. The molecule has 3 aliphatic rings. The molecule has 14 rings (SSSR count). The second kappa shape index (κ2) is 15.7. The summed E-state index contributed by atoms with van der Waals surface area (Å²) in [4.78, 5) is 30.3. The number of nitrogens with zero attached hydrogens (tertiary/aromatic N) is 6. The number of fused-ring (bicyclic) bond motifs is 13. The van der Waals surface area contributed by atoms with E-state index in [9.17, 15) is 0 Å². The van der Waals surface area contributed by atoms with Gasteiger partial charge in [0.2, 0.25) is 0 Å². The quantitative estimate of drug-likeness (QED) is 0.169. The summed E-state index contributed by atoms with van der Waals surface area (Å²) < 4.78 is 7.25. The van der Waals surface area contributed by atoms with Crippen LogP contribution in [0.3, 0.4) is 0 Å². The number of hydrogen-bond acceptors (Lipinski definition) is 8. The van der Waals surface area contributed by atoms with Gasteiger partial charge in [0, 0.05) is 61.6 Å². The minimum absolute atomic E-state index is 0.596. The summed E-state index contributed by atoms with van der Waals surface area (Å²) in [6.07, 6.45) is 3.85. The van der Waals surface area contributed by atoms with Crippen LogP contribution in [0.5, 0.6) is 11.5 Å². The summed E-state index contributed by atoms with van der Waals surface area (Å²) >= 11 is 1.77. The van der Waals surface area contributed by atoms with Crippen LogP contribution in [0.25, 0.3) is 67.5 Å². The molecular formula is C62H40N6OS. The van der Waals surface area contributed by atoms with Crippen LogP contribution in [0.4, 0.5) is 17.1 Å². The summed E-state index contributed by atoms with van der Waals surface area (Å²) in [5.74, 6) is 3.48. The third kappa shape index (κ3) is 6.13. The largest absolute Gasteiger partial charge is 0.455 e. The van der Waals surface area contributed by atoms with Gasteiger partial charge >= 0.3 is 0 Å². The van der Waals surface area contributed by atoms with E-state index in [1.807, 2.05) is 18.5 Å². The van der Waals surface area contributed by atoms with Gasteiger partial charge in [-0.3, -0.25) is 9.97 Å². The predicted octanol–water partition coefficient (Wildman–Crippen LogP) is 15.5. The summed E-state index contributed by atoms with van der Waals surface area (Å²) in [5.41, 5.74) is 15.5. The van der Waals surface area contributed by atoms with E-state index in [1.165, 1.54) is 21.9 Å².